The second-order valence-electron chi connectivity index (χ2n) is 5.92. The lowest BCUT2D eigenvalue weighted by Crippen LogP contribution is -2.12. The monoisotopic (exact) mass is 361 g/mol. The van der Waals surface area contributed by atoms with Gasteiger partial charge in [0.15, 0.2) is 0 Å². The third kappa shape index (κ3) is 3.22. The van der Waals surface area contributed by atoms with Gasteiger partial charge in [0.1, 0.15) is 17.7 Å². The van der Waals surface area contributed by atoms with Gasteiger partial charge < -0.3 is 9.72 Å². The molecule has 0 saturated carbocycles. The number of ether oxygens (including phenoxy) is 1. The second kappa shape index (κ2) is 6.12. The molecule has 0 amide bonds. The Hall–Kier alpha value is -2.45. The molecule has 25 heavy (non-hydrogen) atoms. The SMILES string of the molecule is O=S(=O)(Nc1ccc2nc([C@@H]3CCCO3)[nH]c2c1)c1ccc(F)cc1. The molecule has 1 aromatic heterocycles. The first-order valence-corrected chi connectivity index (χ1v) is 9.39. The molecule has 0 aliphatic carbocycles. The average molecular weight is 361 g/mol. The molecule has 4 rings (SSSR count). The smallest absolute Gasteiger partial charge is 0.261 e. The Bertz CT molecular complexity index is 1010. The molecule has 1 atom stereocenters. The van der Waals surface area contributed by atoms with Gasteiger partial charge >= 0.3 is 0 Å². The third-order valence-electron chi connectivity index (χ3n) is 4.11. The molecule has 6 nitrogen and oxygen atoms in total. The Labute approximate surface area is 144 Å². The number of aromatic amines is 1. The number of benzene rings is 2. The number of nitrogens with one attached hydrogen (secondary N) is 2. The van der Waals surface area contributed by atoms with Gasteiger partial charge in [-0.15, -0.1) is 0 Å². The maximum absolute atomic E-state index is 13.0. The van der Waals surface area contributed by atoms with Crippen LogP contribution in [0.3, 0.4) is 0 Å². The van der Waals surface area contributed by atoms with Crippen LogP contribution in [0.25, 0.3) is 11.0 Å². The van der Waals surface area contributed by atoms with Crippen molar-refractivity contribution in [2.45, 2.75) is 23.8 Å². The van der Waals surface area contributed by atoms with Crippen molar-refractivity contribution >= 4 is 26.7 Å². The average Bonchev–Trinajstić information content (AvgIpc) is 3.23. The summed E-state index contributed by atoms with van der Waals surface area (Å²) in [6.07, 6.45) is 1.89. The first-order chi connectivity index (χ1) is 12.0. The summed E-state index contributed by atoms with van der Waals surface area (Å²) in [6, 6.07) is 9.74. The number of aromatic nitrogens is 2. The Morgan fingerprint density at radius 3 is 2.72 bits per heavy atom. The van der Waals surface area contributed by atoms with Crippen molar-refractivity contribution in [3.63, 3.8) is 0 Å². The van der Waals surface area contributed by atoms with Crippen LogP contribution in [0.1, 0.15) is 24.8 Å². The van der Waals surface area contributed by atoms with Crippen molar-refractivity contribution in [3.8, 4) is 0 Å². The van der Waals surface area contributed by atoms with Crippen molar-refractivity contribution < 1.29 is 17.5 Å². The molecule has 1 fully saturated rings. The van der Waals surface area contributed by atoms with Gasteiger partial charge in [0.2, 0.25) is 0 Å². The summed E-state index contributed by atoms with van der Waals surface area (Å²) in [4.78, 5) is 7.69. The Balaban J connectivity index is 1.61. The van der Waals surface area contributed by atoms with Gasteiger partial charge in [0, 0.05) is 6.61 Å². The van der Waals surface area contributed by atoms with Gasteiger partial charge in [-0.1, -0.05) is 0 Å². The van der Waals surface area contributed by atoms with Crippen LogP contribution in [0.5, 0.6) is 0 Å². The van der Waals surface area contributed by atoms with E-state index in [1.54, 1.807) is 18.2 Å². The molecule has 0 bridgehead atoms. The van der Waals surface area contributed by atoms with E-state index in [9.17, 15) is 12.8 Å². The largest absolute Gasteiger partial charge is 0.370 e. The van der Waals surface area contributed by atoms with Gasteiger partial charge in [0.25, 0.3) is 10.0 Å². The molecule has 0 radical (unpaired) electrons. The Kier molecular flexibility index (Phi) is 3.93. The van der Waals surface area contributed by atoms with E-state index in [0.29, 0.717) is 5.69 Å². The number of sulfonamides is 1. The summed E-state index contributed by atoms with van der Waals surface area (Å²) in [5, 5.41) is 0. The van der Waals surface area contributed by atoms with Crippen molar-refractivity contribution in [2.75, 3.05) is 11.3 Å². The van der Waals surface area contributed by atoms with Crippen molar-refractivity contribution in [2.24, 2.45) is 0 Å². The van der Waals surface area contributed by atoms with E-state index in [4.69, 9.17) is 4.74 Å². The molecule has 2 aromatic carbocycles. The lowest BCUT2D eigenvalue weighted by atomic mass is 10.2. The number of rotatable bonds is 4. The highest BCUT2D eigenvalue weighted by atomic mass is 32.2. The molecular formula is C17H16FN3O3S. The van der Waals surface area contributed by atoms with Crippen LogP contribution in [0.15, 0.2) is 47.4 Å². The van der Waals surface area contributed by atoms with Gasteiger partial charge in [-0.05, 0) is 55.3 Å². The van der Waals surface area contributed by atoms with E-state index in [0.717, 1.165) is 48.4 Å². The zero-order valence-corrected chi connectivity index (χ0v) is 14.0. The summed E-state index contributed by atoms with van der Waals surface area (Å²) in [5.74, 6) is 0.269. The third-order valence-corrected chi connectivity index (χ3v) is 5.51. The maximum Gasteiger partial charge on any atom is 0.261 e. The van der Waals surface area contributed by atoms with E-state index < -0.39 is 15.8 Å². The van der Waals surface area contributed by atoms with Crippen LogP contribution in [0.4, 0.5) is 10.1 Å². The molecular weight excluding hydrogens is 345 g/mol. The van der Waals surface area contributed by atoms with Crippen LogP contribution in [0, 0.1) is 5.82 Å². The highest BCUT2D eigenvalue weighted by Gasteiger charge is 2.21. The van der Waals surface area contributed by atoms with Crippen molar-refractivity contribution in [3.05, 3.63) is 54.1 Å². The molecule has 1 aliphatic heterocycles. The van der Waals surface area contributed by atoms with Crippen LogP contribution >= 0.6 is 0 Å². The van der Waals surface area contributed by atoms with Crippen LogP contribution < -0.4 is 4.72 Å². The topological polar surface area (TPSA) is 84.1 Å². The lowest BCUT2D eigenvalue weighted by Gasteiger charge is -2.08. The van der Waals surface area contributed by atoms with Crippen LogP contribution in [0.2, 0.25) is 0 Å². The minimum atomic E-state index is -3.78. The molecule has 3 aromatic rings. The van der Waals surface area contributed by atoms with E-state index in [1.165, 1.54) is 12.1 Å². The fourth-order valence-corrected chi connectivity index (χ4v) is 3.92. The number of imidazole rings is 1. The van der Waals surface area contributed by atoms with E-state index in [1.807, 2.05) is 0 Å². The number of hydrogen-bond donors (Lipinski definition) is 2. The first-order valence-electron chi connectivity index (χ1n) is 7.91. The standard InChI is InChI=1S/C17H16FN3O3S/c18-11-3-6-13(7-4-11)25(22,23)21-12-5-8-14-15(10-12)20-17(19-14)16-2-1-9-24-16/h3-8,10,16,21H,1-2,9H2,(H,19,20)/t16-/m0/s1. The normalized spacial score (nSPS) is 17.9. The summed E-state index contributed by atoms with van der Waals surface area (Å²) in [7, 11) is -3.78. The molecule has 2 N–H and O–H groups in total. The highest BCUT2D eigenvalue weighted by Crippen LogP contribution is 2.29. The number of halogens is 1. The zero-order valence-electron chi connectivity index (χ0n) is 13.2. The Morgan fingerprint density at radius 2 is 2.00 bits per heavy atom. The lowest BCUT2D eigenvalue weighted by molar-refractivity contribution is 0.106. The fourth-order valence-electron chi connectivity index (χ4n) is 2.87. The molecule has 1 saturated heterocycles. The minimum absolute atomic E-state index is 0.00125. The minimum Gasteiger partial charge on any atom is -0.370 e. The van der Waals surface area contributed by atoms with Crippen LogP contribution in [-0.4, -0.2) is 25.0 Å². The molecule has 130 valence electrons. The number of nitrogens with zero attached hydrogens (tertiary/aromatic N) is 1. The zero-order chi connectivity index (χ0) is 17.4. The highest BCUT2D eigenvalue weighted by molar-refractivity contribution is 7.92. The predicted molar refractivity (Wildman–Crippen MR) is 91.2 cm³/mol. The molecule has 1 aliphatic rings. The molecule has 2 heterocycles. The molecule has 0 unspecified atom stereocenters. The first kappa shape index (κ1) is 16.0. The number of anilines is 1. The Morgan fingerprint density at radius 1 is 1.20 bits per heavy atom. The summed E-state index contributed by atoms with van der Waals surface area (Å²) < 4.78 is 45.8. The summed E-state index contributed by atoms with van der Waals surface area (Å²) in [6.45, 7) is 0.727. The van der Waals surface area contributed by atoms with Crippen LogP contribution in [-0.2, 0) is 14.8 Å². The van der Waals surface area contributed by atoms with Crippen molar-refractivity contribution in [1.29, 1.82) is 0 Å². The fraction of sp³-hybridized carbons (Fsp3) is 0.235. The van der Waals surface area contributed by atoms with Gasteiger partial charge in [-0.25, -0.2) is 17.8 Å². The maximum atomic E-state index is 13.0. The summed E-state index contributed by atoms with van der Waals surface area (Å²) in [5.41, 5.74) is 1.87. The summed E-state index contributed by atoms with van der Waals surface area (Å²) >= 11 is 0. The van der Waals surface area contributed by atoms with Crippen molar-refractivity contribution in [1.82, 2.24) is 9.97 Å². The molecule has 0 spiro atoms. The van der Waals surface area contributed by atoms with E-state index in [-0.39, 0.29) is 11.0 Å². The number of fused-ring (bicyclic) bond motifs is 1. The second-order valence-corrected chi connectivity index (χ2v) is 7.60. The van der Waals surface area contributed by atoms with Gasteiger partial charge in [-0.3, -0.25) is 4.72 Å². The number of hydrogen-bond acceptors (Lipinski definition) is 4. The number of H-pyrrole nitrogens is 1. The van der Waals surface area contributed by atoms with Gasteiger partial charge in [-0.2, -0.15) is 0 Å². The van der Waals surface area contributed by atoms with E-state index >= 15 is 0 Å². The predicted octanol–water partition coefficient (Wildman–Crippen LogP) is 3.35. The molecule has 8 heteroatoms. The quantitative estimate of drug-likeness (QED) is 0.746. The van der Waals surface area contributed by atoms with Gasteiger partial charge in [0.05, 0.1) is 21.6 Å². The van der Waals surface area contributed by atoms with E-state index in [2.05, 4.69) is 14.7 Å².